The van der Waals surface area contributed by atoms with E-state index < -0.39 is 9.84 Å². The Morgan fingerprint density at radius 2 is 1.67 bits per heavy atom. The first-order valence-electron chi connectivity index (χ1n) is 15.6. The zero-order valence-electron chi connectivity index (χ0n) is 25.8. The lowest BCUT2D eigenvalue weighted by Crippen LogP contribution is -2.26. The number of esters is 1. The van der Waals surface area contributed by atoms with Gasteiger partial charge in [-0.1, -0.05) is 35.5 Å². The minimum absolute atomic E-state index is 0.155. The fraction of sp³-hybridized carbons (Fsp3) is 0.389. The van der Waals surface area contributed by atoms with E-state index in [-0.39, 0.29) is 35.7 Å². The molecule has 1 aromatic heterocycles. The minimum atomic E-state index is -2.87. The van der Waals surface area contributed by atoms with Crippen LogP contribution in [0.15, 0.2) is 71.3 Å². The standard InChI is InChI=1S/C36H39NO7S/c1-24-18-35(44-37-24)34(21-36(38)41-2)28-8-10-30(11-9-28)42-23-26-6-7-27-4-3-5-29-20-31(12-13-32(29)33(27)19-26)43-22-25-14-16-45(39,40)17-15-25/h6-13,18-20,25,34H,3-5,14-17,21-23H2,1-2H3. The fourth-order valence-corrected chi connectivity index (χ4v) is 7.83. The molecular weight excluding hydrogens is 590 g/mol. The Balaban J connectivity index is 1.12. The van der Waals surface area contributed by atoms with Gasteiger partial charge in [0.05, 0.1) is 43.3 Å². The number of carbonyl (C=O) groups is 1. The van der Waals surface area contributed by atoms with E-state index in [2.05, 4.69) is 35.5 Å². The number of methoxy groups -OCH3 is 1. The van der Waals surface area contributed by atoms with Gasteiger partial charge >= 0.3 is 5.97 Å². The monoisotopic (exact) mass is 629 g/mol. The largest absolute Gasteiger partial charge is 0.493 e. The first-order valence-corrected chi connectivity index (χ1v) is 17.4. The average Bonchev–Trinajstić information content (AvgIpc) is 3.39. The van der Waals surface area contributed by atoms with Crippen molar-refractivity contribution in [2.24, 2.45) is 5.92 Å². The number of sulfone groups is 1. The summed E-state index contributed by atoms with van der Waals surface area (Å²) in [6.07, 6.45) is 4.56. The molecule has 4 aromatic rings. The molecule has 9 heteroatoms. The van der Waals surface area contributed by atoms with Gasteiger partial charge in [0, 0.05) is 6.07 Å². The molecule has 6 rings (SSSR count). The van der Waals surface area contributed by atoms with Crippen LogP contribution in [0, 0.1) is 12.8 Å². The topological polar surface area (TPSA) is 105 Å². The van der Waals surface area contributed by atoms with Crippen molar-refractivity contribution >= 4 is 15.8 Å². The molecule has 3 aromatic carbocycles. The SMILES string of the molecule is COC(=O)CC(c1ccc(OCc2ccc3c(c2)-c2ccc(OCC4CCS(=O)(=O)CC4)cc2CCC3)cc1)c1cc(C)no1. The fourth-order valence-electron chi connectivity index (χ4n) is 6.24. The number of hydrogen-bond donors (Lipinski definition) is 0. The van der Waals surface area contributed by atoms with Gasteiger partial charge in [-0.2, -0.15) is 0 Å². The second-order valence-corrected chi connectivity index (χ2v) is 14.4. The van der Waals surface area contributed by atoms with Gasteiger partial charge in [0.25, 0.3) is 0 Å². The Hall–Kier alpha value is -4.11. The summed E-state index contributed by atoms with van der Waals surface area (Å²) in [6.45, 7) is 2.83. The summed E-state index contributed by atoms with van der Waals surface area (Å²) in [6, 6.07) is 22.5. The Morgan fingerprint density at radius 1 is 0.911 bits per heavy atom. The first kappa shape index (κ1) is 30.9. The van der Waals surface area contributed by atoms with Crippen molar-refractivity contribution in [2.75, 3.05) is 25.2 Å². The predicted molar refractivity (Wildman–Crippen MR) is 171 cm³/mol. The van der Waals surface area contributed by atoms with Crippen LogP contribution in [-0.4, -0.2) is 44.8 Å². The number of fused-ring (bicyclic) bond motifs is 3. The third kappa shape index (κ3) is 7.59. The highest BCUT2D eigenvalue weighted by Gasteiger charge is 2.25. The Kier molecular flexibility index (Phi) is 9.26. The van der Waals surface area contributed by atoms with Crippen molar-refractivity contribution in [3.8, 4) is 22.6 Å². The van der Waals surface area contributed by atoms with Gasteiger partial charge in [0.2, 0.25) is 0 Å². The Bertz CT molecular complexity index is 1750. The van der Waals surface area contributed by atoms with E-state index in [9.17, 15) is 13.2 Å². The van der Waals surface area contributed by atoms with Crippen LogP contribution in [-0.2, 0) is 38.8 Å². The number of ether oxygens (including phenoxy) is 3. The lowest BCUT2D eigenvalue weighted by atomic mass is 9.93. The minimum Gasteiger partial charge on any atom is -0.493 e. The van der Waals surface area contributed by atoms with Crippen LogP contribution in [0.3, 0.4) is 0 Å². The molecule has 8 nitrogen and oxygen atoms in total. The second kappa shape index (κ2) is 13.5. The molecule has 0 radical (unpaired) electrons. The van der Waals surface area contributed by atoms with Crippen LogP contribution in [0.1, 0.15) is 65.3 Å². The maximum atomic E-state index is 12.1. The van der Waals surface area contributed by atoms with Crippen molar-refractivity contribution in [1.29, 1.82) is 0 Å². The number of aryl methyl sites for hydroxylation is 3. The van der Waals surface area contributed by atoms with Crippen molar-refractivity contribution in [1.82, 2.24) is 5.16 Å². The maximum absolute atomic E-state index is 12.1. The Morgan fingerprint density at radius 3 is 2.40 bits per heavy atom. The summed E-state index contributed by atoms with van der Waals surface area (Å²) in [7, 11) is -1.49. The molecule has 236 valence electrons. The molecule has 1 aliphatic heterocycles. The third-order valence-corrected chi connectivity index (χ3v) is 10.6. The normalized spacial score (nSPS) is 16.6. The summed E-state index contributed by atoms with van der Waals surface area (Å²) in [5.74, 6) is 2.40. The van der Waals surface area contributed by atoms with E-state index in [4.69, 9.17) is 18.7 Å². The third-order valence-electron chi connectivity index (χ3n) is 8.87. The molecule has 0 N–H and O–H groups in total. The van der Waals surface area contributed by atoms with Gasteiger partial charge in [-0.3, -0.25) is 4.79 Å². The zero-order chi connectivity index (χ0) is 31.4. The van der Waals surface area contributed by atoms with Crippen molar-refractivity contribution in [3.05, 3.63) is 100 Å². The van der Waals surface area contributed by atoms with Crippen LogP contribution in [0.25, 0.3) is 11.1 Å². The molecule has 1 aliphatic carbocycles. The number of aromatic nitrogens is 1. The highest BCUT2D eigenvalue weighted by molar-refractivity contribution is 7.91. The second-order valence-electron chi connectivity index (χ2n) is 12.1. The molecule has 0 amide bonds. The predicted octanol–water partition coefficient (Wildman–Crippen LogP) is 6.62. The van der Waals surface area contributed by atoms with E-state index in [0.29, 0.717) is 31.8 Å². The Labute approximate surface area is 264 Å². The molecule has 1 saturated heterocycles. The summed E-state index contributed by atoms with van der Waals surface area (Å²) >= 11 is 0. The van der Waals surface area contributed by atoms with E-state index in [1.807, 2.05) is 43.3 Å². The number of carbonyl (C=O) groups excluding carboxylic acids is 1. The van der Waals surface area contributed by atoms with E-state index in [0.717, 1.165) is 47.6 Å². The van der Waals surface area contributed by atoms with Crippen LogP contribution < -0.4 is 9.47 Å². The van der Waals surface area contributed by atoms with E-state index in [1.165, 1.54) is 29.4 Å². The van der Waals surface area contributed by atoms with Gasteiger partial charge < -0.3 is 18.7 Å². The van der Waals surface area contributed by atoms with Crippen LogP contribution in [0.5, 0.6) is 11.5 Å². The van der Waals surface area contributed by atoms with E-state index in [1.54, 1.807) is 0 Å². The van der Waals surface area contributed by atoms with E-state index >= 15 is 0 Å². The average molecular weight is 630 g/mol. The van der Waals surface area contributed by atoms with Crippen molar-refractivity contribution in [3.63, 3.8) is 0 Å². The van der Waals surface area contributed by atoms with Gasteiger partial charge in [-0.05, 0) is 109 Å². The molecule has 0 saturated carbocycles. The van der Waals surface area contributed by atoms with Crippen LogP contribution in [0.4, 0.5) is 0 Å². The quantitative estimate of drug-likeness (QED) is 0.180. The van der Waals surface area contributed by atoms with Gasteiger partial charge in [-0.15, -0.1) is 0 Å². The molecule has 0 spiro atoms. The molecular formula is C36H39NO7S. The summed E-state index contributed by atoms with van der Waals surface area (Å²) in [5, 5.41) is 3.99. The number of nitrogens with zero attached hydrogens (tertiary/aromatic N) is 1. The highest BCUT2D eigenvalue weighted by Crippen LogP contribution is 2.36. The molecule has 0 bridgehead atoms. The smallest absolute Gasteiger partial charge is 0.306 e. The van der Waals surface area contributed by atoms with Gasteiger partial charge in [0.1, 0.15) is 33.7 Å². The summed E-state index contributed by atoms with van der Waals surface area (Å²) < 4.78 is 46.2. The van der Waals surface area contributed by atoms with Crippen molar-refractivity contribution in [2.45, 2.75) is 58.0 Å². The number of benzene rings is 3. The first-order chi connectivity index (χ1) is 21.8. The molecule has 1 atom stereocenters. The number of rotatable bonds is 10. The zero-order valence-corrected chi connectivity index (χ0v) is 26.6. The summed E-state index contributed by atoms with van der Waals surface area (Å²) in [5.41, 5.74) is 7.82. The molecule has 2 heterocycles. The number of hydrogen-bond acceptors (Lipinski definition) is 8. The van der Waals surface area contributed by atoms with Crippen molar-refractivity contribution < 1.29 is 31.9 Å². The van der Waals surface area contributed by atoms with Crippen LogP contribution in [0.2, 0.25) is 0 Å². The summed E-state index contributed by atoms with van der Waals surface area (Å²) in [4.78, 5) is 12.1. The van der Waals surface area contributed by atoms with Crippen LogP contribution >= 0.6 is 0 Å². The lowest BCUT2D eigenvalue weighted by molar-refractivity contribution is -0.140. The molecule has 45 heavy (non-hydrogen) atoms. The molecule has 1 unspecified atom stereocenters. The maximum Gasteiger partial charge on any atom is 0.306 e. The highest BCUT2D eigenvalue weighted by atomic mass is 32.2. The van der Waals surface area contributed by atoms with Gasteiger partial charge in [0.15, 0.2) is 0 Å². The van der Waals surface area contributed by atoms with Gasteiger partial charge in [-0.25, -0.2) is 8.42 Å². The molecule has 1 fully saturated rings. The lowest BCUT2D eigenvalue weighted by Gasteiger charge is -2.22. The molecule has 2 aliphatic rings.